The summed E-state index contributed by atoms with van der Waals surface area (Å²) in [7, 11) is 0. The fourth-order valence-electron chi connectivity index (χ4n) is 2.10. The Morgan fingerprint density at radius 3 is 2.89 bits per heavy atom. The average Bonchev–Trinajstić information content (AvgIpc) is 2.90. The number of fused-ring (bicyclic) bond motifs is 1. The number of nitrogens with two attached hydrogens (primary N) is 1. The molecule has 1 fully saturated rings. The number of primary amides is 1. The third-order valence-corrected chi connectivity index (χ3v) is 4.20. The van der Waals surface area contributed by atoms with Crippen LogP contribution >= 0.6 is 11.3 Å². The quantitative estimate of drug-likeness (QED) is 0.919. The van der Waals surface area contributed by atoms with E-state index in [2.05, 4.69) is 4.98 Å². The maximum Gasteiger partial charge on any atom is 0.267 e. The molecule has 7 heteroatoms. The van der Waals surface area contributed by atoms with Gasteiger partial charge in [0.15, 0.2) is 5.13 Å². The van der Waals surface area contributed by atoms with E-state index in [4.69, 9.17) is 5.73 Å². The van der Waals surface area contributed by atoms with Crippen molar-refractivity contribution in [1.29, 1.82) is 0 Å². The summed E-state index contributed by atoms with van der Waals surface area (Å²) in [6, 6.07) is 4.95. The molecule has 0 saturated carbocycles. The highest BCUT2D eigenvalue weighted by molar-refractivity contribution is 7.22. The molecule has 19 heavy (non-hydrogen) atoms. The van der Waals surface area contributed by atoms with Crippen LogP contribution in [0.3, 0.4) is 0 Å². The maximum atomic E-state index is 13.2. The van der Waals surface area contributed by atoms with E-state index in [0.717, 1.165) is 4.70 Å². The van der Waals surface area contributed by atoms with Crippen molar-refractivity contribution in [2.75, 3.05) is 18.0 Å². The topological polar surface area (TPSA) is 59.2 Å². The van der Waals surface area contributed by atoms with Crippen LogP contribution in [-0.2, 0) is 0 Å². The molecule has 0 atom stereocenters. The van der Waals surface area contributed by atoms with Crippen molar-refractivity contribution in [2.24, 2.45) is 5.73 Å². The van der Waals surface area contributed by atoms with Gasteiger partial charge >= 0.3 is 0 Å². The number of hydrogen-bond donors (Lipinski definition) is 1. The minimum Gasteiger partial charge on any atom is -0.366 e. The van der Waals surface area contributed by atoms with Gasteiger partial charge in [-0.1, -0.05) is 11.3 Å². The highest BCUT2D eigenvalue weighted by atomic mass is 32.1. The second-order valence-corrected chi connectivity index (χ2v) is 5.58. The third kappa shape index (κ3) is 2.25. The molecule has 2 heterocycles. The van der Waals surface area contributed by atoms with E-state index in [9.17, 15) is 13.6 Å². The first kappa shape index (κ1) is 12.3. The lowest BCUT2D eigenvalue weighted by Crippen LogP contribution is -2.24. The molecule has 2 aromatic rings. The molecule has 0 unspecified atom stereocenters. The highest BCUT2D eigenvalue weighted by Crippen LogP contribution is 2.35. The molecule has 1 aliphatic rings. The number of alkyl halides is 2. The summed E-state index contributed by atoms with van der Waals surface area (Å²) >= 11 is 1.35. The molecule has 1 saturated heterocycles. The number of halogens is 2. The number of amides is 1. The number of aromatic nitrogens is 1. The van der Waals surface area contributed by atoms with E-state index in [0.29, 0.717) is 22.8 Å². The highest BCUT2D eigenvalue weighted by Gasteiger charge is 2.39. The first-order valence-corrected chi connectivity index (χ1v) is 6.59. The van der Waals surface area contributed by atoms with Gasteiger partial charge in [-0.15, -0.1) is 0 Å². The molecular weight excluding hydrogens is 272 g/mol. The Morgan fingerprint density at radius 1 is 1.47 bits per heavy atom. The SMILES string of the molecule is NC(=O)c1ccc2sc(N3CCC(F)(F)C3)nc2c1. The van der Waals surface area contributed by atoms with Crippen LogP contribution in [0.1, 0.15) is 16.8 Å². The number of thiazole rings is 1. The second kappa shape index (κ2) is 4.12. The standard InChI is InChI=1S/C12H11F2N3OS/c13-12(14)3-4-17(6-12)11-16-8-5-7(10(15)18)1-2-9(8)19-11/h1-2,5H,3-4,6H2,(H2,15,18). The van der Waals surface area contributed by atoms with E-state index in [1.807, 2.05) is 0 Å². The number of nitrogens with zero attached hydrogens (tertiary/aromatic N) is 2. The summed E-state index contributed by atoms with van der Waals surface area (Å²) in [5, 5.41) is 0.564. The van der Waals surface area contributed by atoms with Crippen molar-refractivity contribution in [3.63, 3.8) is 0 Å². The van der Waals surface area contributed by atoms with Crippen LogP contribution < -0.4 is 10.6 Å². The van der Waals surface area contributed by atoms with Gasteiger partial charge in [-0.2, -0.15) is 0 Å². The van der Waals surface area contributed by atoms with Gasteiger partial charge in [-0.05, 0) is 18.2 Å². The molecule has 3 rings (SSSR count). The third-order valence-electron chi connectivity index (χ3n) is 3.10. The van der Waals surface area contributed by atoms with Gasteiger partial charge in [0.2, 0.25) is 5.91 Å². The molecule has 1 aliphatic heterocycles. The number of carbonyl (C=O) groups is 1. The molecule has 100 valence electrons. The van der Waals surface area contributed by atoms with Gasteiger partial charge in [-0.3, -0.25) is 4.79 Å². The molecule has 0 aliphatic carbocycles. The van der Waals surface area contributed by atoms with Crippen molar-refractivity contribution in [1.82, 2.24) is 4.98 Å². The van der Waals surface area contributed by atoms with Crippen LogP contribution in [0.25, 0.3) is 10.2 Å². The van der Waals surface area contributed by atoms with Crippen LogP contribution in [0.15, 0.2) is 18.2 Å². The fraction of sp³-hybridized carbons (Fsp3) is 0.333. The smallest absolute Gasteiger partial charge is 0.267 e. The molecule has 0 bridgehead atoms. The van der Waals surface area contributed by atoms with Gasteiger partial charge < -0.3 is 10.6 Å². The molecule has 1 aromatic carbocycles. The van der Waals surface area contributed by atoms with Crippen molar-refractivity contribution in [3.05, 3.63) is 23.8 Å². The number of hydrogen-bond acceptors (Lipinski definition) is 4. The van der Waals surface area contributed by atoms with Crippen molar-refractivity contribution in [2.45, 2.75) is 12.3 Å². The Morgan fingerprint density at radius 2 is 2.26 bits per heavy atom. The van der Waals surface area contributed by atoms with Crippen LogP contribution in [0, 0.1) is 0 Å². The molecular formula is C12H11F2N3OS. The Hall–Kier alpha value is -1.76. The van der Waals surface area contributed by atoms with Crippen LogP contribution in [0.2, 0.25) is 0 Å². The first-order valence-electron chi connectivity index (χ1n) is 5.78. The minimum absolute atomic E-state index is 0.143. The number of anilines is 1. The van der Waals surface area contributed by atoms with Crippen LogP contribution in [0.5, 0.6) is 0 Å². The zero-order valence-corrected chi connectivity index (χ0v) is 10.7. The lowest BCUT2D eigenvalue weighted by atomic mass is 10.2. The number of benzene rings is 1. The molecule has 1 aromatic heterocycles. The maximum absolute atomic E-state index is 13.2. The van der Waals surface area contributed by atoms with E-state index in [1.54, 1.807) is 23.1 Å². The van der Waals surface area contributed by atoms with E-state index >= 15 is 0 Å². The van der Waals surface area contributed by atoms with Gasteiger partial charge in [0, 0.05) is 18.5 Å². The van der Waals surface area contributed by atoms with Crippen LogP contribution in [-0.4, -0.2) is 29.9 Å². The zero-order valence-electron chi connectivity index (χ0n) is 9.90. The largest absolute Gasteiger partial charge is 0.366 e. The van der Waals surface area contributed by atoms with Crippen molar-refractivity contribution >= 4 is 32.6 Å². The zero-order chi connectivity index (χ0) is 13.6. The van der Waals surface area contributed by atoms with E-state index in [-0.39, 0.29) is 13.0 Å². The molecule has 2 N–H and O–H groups in total. The van der Waals surface area contributed by atoms with Crippen LogP contribution in [0.4, 0.5) is 13.9 Å². The Labute approximate surface area is 111 Å². The Balaban J connectivity index is 1.96. The first-order chi connectivity index (χ1) is 8.94. The van der Waals surface area contributed by atoms with Crippen molar-refractivity contribution in [3.8, 4) is 0 Å². The Kier molecular flexibility index (Phi) is 2.67. The molecule has 0 spiro atoms. The molecule has 0 radical (unpaired) electrons. The second-order valence-electron chi connectivity index (χ2n) is 4.57. The van der Waals surface area contributed by atoms with E-state index < -0.39 is 11.8 Å². The monoisotopic (exact) mass is 283 g/mol. The number of rotatable bonds is 2. The molecule has 1 amide bonds. The van der Waals surface area contributed by atoms with Crippen molar-refractivity contribution < 1.29 is 13.6 Å². The van der Waals surface area contributed by atoms with Gasteiger partial charge in [0.1, 0.15) is 0 Å². The molecule has 4 nitrogen and oxygen atoms in total. The summed E-state index contributed by atoms with van der Waals surface area (Å²) in [5.41, 5.74) is 6.18. The van der Waals surface area contributed by atoms with Gasteiger partial charge in [0.05, 0.1) is 16.8 Å². The number of carbonyl (C=O) groups excluding carboxylic acids is 1. The predicted octanol–water partition coefficient (Wildman–Crippen LogP) is 2.24. The summed E-state index contributed by atoms with van der Waals surface area (Å²) in [4.78, 5) is 17.0. The summed E-state index contributed by atoms with van der Waals surface area (Å²) < 4.78 is 27.2. The summed E-state index contributed by atoms with van der Waals surface area (Å²) in [6.07, 6.45) is -0.143. The summed E-state index contributed by atoms with van der Waals surface area (Å²) in [5.74, 6) is -3.17. The fourth-order valence-corrected chi connectivity index (χ4v) is 3.07. The van der Waals surface area contributed by atoms with E-state index in [1.165, 1.54) is 11.3 Å². The predicted molar refractivity (Wildman–Crippen MR) is 69.9 cm³/mol. The van der Waals surface area contributed by atoms with Gasteiger partial charge in [-0.25, -0.2) is 13.8 Å². The lowest BCUT2D eigenvalue weighted by Gasteiger charge is -2.13. The average molecular weight is 283 g/mol. The Bertz CT molecular complexity index is 655. The van der Waals surface area contributed by atoms with Gasteiger partial charge in [0.25, 0.3) is 5.92 Å². The lowest BCUT2D eigenvalue weighted by molar-refractivity contribution is 0.0257. The normalized spacial score (nSPS) is 18.1. The summed E-state index contributed by atoms with van der Waals surface area (Å²) in [6.45, 7) is 0.00496. The minimum atomic E-state index is -2.64.